The van der Waals surface area contributed by atoms with E-state index in [2.05, 4.69) is 31.8 Å². The zero-order valence-electron chi connectivity index (χ0n) is 13.5. The van der Waals surface area contributed by atoms with Crippen LogP contribution in [0.2, 0.25) is 0 Å². The first-order chi connectivity index (χ1) is 10.1. The standard InChI is InChI=1S/C19H27NO/c1-14-4-5-17-12-18(6-9-19(17,3)15(14)2)21-13-16-7-10-20-11-8-16/h5,7-8,10-11,14-15,18H,4,6,9,12-13H2,1-3H3. The van der Waals surface area contributed by atoms with E-state index in [-0.39, 0.29) is 0 Å². The number of nitrogens with zero attached hydrogens (tertiary/aromatic N) is 1. The molecule has 0 radical (unpaired) electrons. The van der Waals surface area contributed by atoms with Crippen molar-refractivity contribution in [2.75, 3.05) is 0 Å². The van der Waals surface area contributed by atoms with Gasteiger partial charge in [-0.2, -0.15) is 0 Å². The van der Waals surface area contributed by atoms with Crippen LogP contribution in [0.1, 0.15) is 52.0 Å². The van der Waals surface area contributed by atoms with Gasteiger partial charge in [-0.1, -0.05) is 32.4 Å². The molecule has 0 spiro atoms. The number of allylic oxidation sites excluding steroid dienone is 1. The third kappa shape index (κ3) is 2.91. The van der Waals surface area contributed by atoms with Gasteiger partial charge in [0.2, 0.25) is 0 Å². The van der Waals surface area contributed by atoms with E-state index in [0.29, 0.717) is 18.1 Å². The predicted octanol–water partition coefficient (Wildman–Crippen LogP) is 4.76. The molecule has 0 saturated heterocycles. The van der Waals surface area contributed by atoms with E-state index in [4.69, 9.17) is 4.74 Å². The maximum absolute atomic E-state index is 6.16. The summed E-state index contributed by atoms with van der Waals surface area (Å²) in [6.45, 7) is 8.02. The zero-order chi connectivity index (χ0) is 14.9. The van der Waals surface area contributed by atoms with Crippen molar-refractivity contribution in [3.63, 3.8) is 0 Å². The van der Waals surface area contributed by atoms with Gasteiger partial charge in [0.1, 0.15) is 0 Å². The molecule has 0 aromatic carbocycles. The fourth-order valence-electron chi connectivity index (χ4n) is 4.03. The number of aromatic nitrogens is 1. The lowest BCUT2D eigenvalue weighted by Crippen LogP contribution is -2.40. The molecule has 4 atom stereocenters. The van der Waals surface area contributed by atoms with Crippen LogP contribution >= 0.6 is 0 Å². The van der Waals surface area contributed by atoms with Crippen molar-refractivity contribution < 1.29 is 4.74 Å². The van der Waals surface area contributed by atoms with Gasteiger partial charge in [0.05, 0.1) is 12.7 Å². The maximum atomic E-state index is 6.16. The van der Waals surface area contributed by atoms with Crippen LogP contribution in [0.25, 0.3) is 0 Å². The largest absolute Gasteiger partial charge is 0.373 e. The van der Waals surface area contributed by atoms with Crippen molar-refractivity contribution in [3.05, 3.63) is 41.7 Å². The summed E-state index contributed by atoms with van der Waals surface area (Å²) in [4.78, 5) is 4.05. The van der Waals surface area contributed by atoms with E-state index in [1.54, 1.807) is 5.57 Å². The molecular weight excluding hydrogens is 258 g/mol. The molecule has 2 aliphatic carbocycles. The van der Waals surface area contributed by atoms with Crippen molar-refractivity contribution in [2.45, 2.75) is 59.2 Å². The number of pyridine rings is 1. The SMILES string of the molecule is CC1CC=C2CC(OCc3ccncc3)CCC2(C)C1C. The van der Waals surface area contributed by atoms with E-state index in [1.807, 2.05) is 24.5 Å². The highest BCUT2D eigenvalue weighted by Crippen LogP contribution is 2.52. The summed E-state index contributed by atoms with van der Waals surface area (Å²) in [5.41, 5.74) is 3.28. The van der Waals surface area contributed by atoms with E-state index >= 15 is 0 Å². The Kier molecular flexibility index (Phi) is 4.17. The van der Waals surface area contributed by atoms with E-state index < -0.39 is 0 Å². The van der Waals surface area contributed by atoms with Crippen molar-refractivity contribution in [2.24, 2.45) is 17.3 Å². The molecule has 4 unspecified atom stereocenters. The quantitative estimate of drug-likeness (QED) is 0.747. The van der Waals surface area contributed by atoms with Crippen molar-refractivity contribution >= 4 is 0 Å². The summed E-state index contributed by atoms with van der Waals surface area (Å²) in [5.74, 6) is 1.60. The number of hydrogen-bond donors (Lipinski definition) is 0. The zero-order valence-corrected chi connectivity index (χ0v) is 13.5. The Labute approximate surface area is 128 Å². The minimum Gasteiger partial charge on any atom is -0.373 e. The molecule has 2 nitrogen and oxygen atoms in total. The summed E-state index contributed by atoms with van der Waals surface area (Å²) in [7, 11) is 0. The topological polar surface area (TPSA) is 22.1 Å². The molecule has 114 valence electrons. The van der Waals surface area contributed by atoms with Gasteiger partial charge < -0.3 is 4.74 Å². The smallest absolute Gasteiger partial charge is 0.0721 e. The van der Waals surface area contributed by atoms with Crippen molar-refractivity contribution in [1.29, 1.82) is 0 Å². The monoisotopic (exact) mass is 285 g/mol. The summed E-state index contributed by atoms with van der Waals surface area (Å²) in [5, 5.41) is 0. The van der Waals surface area contributed by atoms with Gasteiger partial charge in [-0.05, 0) is 60.6 Å². The molecular formula is C19H27NO. The van der Waals surface area contributed by atoms with Crippen LogP contribution in [0.15, 0.2) is 36.2 Å². The van der Waals surface area contributed by atoms with Crippen molar-refractivity contribution in [3.8, 4) is 0 Å². The van der Waals surface area contributed by atoms with Crippen LogP contribution < -0.4 is 0 Å². The molecule has 2 aliphatic rings. The lowest BCUT2D eigenvalue weighted by atomic mass is 9.57. The molecule has 1 fully saturated rings. The lowest BCUT2D eigenvalue weighted by molar-refractivity contribution is -0.00439. The first-order valence-corrected chi connectivity index (χ1v) is 8.29. The molecule has 0 amide bonds. The van der Waals surface area contributed by atoms with Crippen molar-refractivity contribution in [1.82, 2.24) is 4.98 Å². The summed E-state index contributed by atoms with van der Waals surface area (Å²) in [6, 6.07) is 4.08. The Balaban J connectivity index is 1.62. The fourth-order valence-corrected chi connectivity index (χ4v) is 4.03. The third-order valence-electron chi connectivity index (χ3n) is 6.00. The van der Waals surface area contributed by atoms with Crippen LogP contribution in [0.3, 0.4) is 0 Å². The Morgan fingerprint density at radius 2 is 2.05 bits per heavy atom. The average Bonchev–Trinajstić information content (AvgIpc) is 2.51. The molecule has 0 bridgehead atoms. The summed E-state index contributed by atoms with van der Waals surface area (Å²) in [6.07, 6.45) is 11.4. The first-order valence-electron chi connectivity index (χ1n) is 8.29. The number of rotatable bonds is 3. The summed E-state index contributed by atoms with van der Waals surface area (Å²) < 4.78 is 6.16. The van der Waals surface area contributed by atoms with Crippen LogP contribution in [0.5, 0.6) is 0 Å². The summed E-state index contributed by atoms with van der Waals surface area (Å²) >= 11 is 0. The second kappa shape index (κ2) is 5.92. The van der Waals surface area contributed by atoms with Gasteiger partial charge in [0.15, 0.2) is 0 Å². The van der Waals surface area contributed by atoms with Crippen LogP contribution in [0.4, 0.5) is 0 Å². The molecule has 0 aliphatic heterocycles. The Hall–Kier alpha value is -1.15. The normalized spacial score (nSPS) is 36.0. The van der Waals surface area contributed by atoms with E-state index in [1.165, 1.54) is 24.8 Å². The highest BCUT2D eigenvalue weighted by molar-refractivity contribution is 5.22. The van der Waals surface area contributed by atoms with E-state index in [9.17, 15) is 0 Å². The molecule has 21 heavy (non-hydrogen) atoms. The van der Waals surface area contributed by atoms with Gasteiger partial charge in [-0.3, -0.25) is 4.98 Å². The fraction of sp³-hybridized carbons (Fsp3) is 0.632. The number of ether oxygens (including phenoxy) is 1. The Morgan fingerprint density at radius 1 is 1.29 bits per heavy atom. The molecule has 1 heterocycles. The van der Waals surface area contributed by atoms with Gasteiger partial charge in [0.25, 0.3) is 0 Å². The molecule has 3 rings (SSSR count). The van der Waals surface area contributed by atoms with E-state index in [0.717, 1.165) is 18.3 Å². The van der Waals surface area contributed by atoms with Crippen LogP contribution in [-0.4, -0.2) is 11.1 Å². The molecule has 1 aromatic heterocycles. The molecule has 1 aromatic rings. The minimum absolute atomic E-state index is 0.387. The maximum Gasteiger partial charge on any atom is 0.0721 e. The number of hydrogen-bond acceptors (Lipinski definition) is 2. The van der Waals surface area contributed by atoms with Gasteiger partial charge in [0, 0.05) is 12.4 Å². The van der Waals surface area contributed by atoms with Crippen LogP contribution in [-0.2, 0) is 11.3 Å². The molecule has 0 N–H and O–H groups in total. The average molecular weight is 285 g/mol. The second-order valence-corrected chi connectivity index (χ2v) is 7.18. The minimum atomic E-state index is 0.387. The first kappa shape index (κ1) is 14.8. The predicted molar refractivity (Wildman–Crippen MR) is 85.8 cm³/mol. The number of fused-ring (bicyclic) bond motifs is 1. The lowest BCUT2D eigenvalue weighted by Gasteiger charge is -2.49. The molecule has 1 saturated carbocycles. The second-order valence-electron chi connectivity index (χ2n) is 7.18. The Morgan fingerprint density at radius 3 is 2.81 bits per heavy atom. The van der Waals surface area contributed by atoms with Gasteiger partial charge in [-0.15, -0.1) is 0 Å². The van der Waals surface area contributed by atoms with Gasteiger partial charge in [-0.25, -0.2) is 0 Å². The highest BCUT2D eigenvalue weighted by Gasteiger charge is 2.43. The Bertz CT molecular complexity index is 510. The molecule has 2 heteroatoms. The van der Waals surface area contributed by atoms with Crippen LogP contribution in [0, 0.1) is 17.3 Å². The van der Waals surface area contributed by atoms with Gasteiger partial charge >= 0.3 is 0 Å². The highest BCUT2D eigenvalue weighted by atomic mass is 16.5. The third-order valence-corrected chi connectivity index (χ3v) is 6.00.